The Morgan fingerprint density at radius 3 is 2.79 bits per heavy atom. The van der Waals surface area contributed by atoms with E-state index < -0.39 is 10.0 Å². The highest BCUT2D eigenvalue weighted by Gasteiger charge is 2.33. The first-order valence-electron chi connectivity index (χ1n) is 8.77. The van der Waals surface area contributed by atoms with Gasteiger partial charge >= 0.3 is 0 Å². The van der Waals surface area contributed by atoms with Crippen LogP contribution >= 0.6 is 0 Å². The predicted molar refractivity (Wildman–Crippen MR) is 102 cm³/mol. The second-order valence-electron chi connectivity index (χ2n) is 6.60. The summed E-state index contributed by atoms with van der Waals surface area (Å²) in [4.78, 5) is 3.51. The first-order chi connectivity index (χ1) is 13.5. The summed E-state index contributed by atoms with van der Waals surface area (Å²) in [5.41, 5.74) is 1.41. The van der Waals surface area contributed by atoms with Crippen molar-refractivity contribution < 1.29 is 13.2 Å². The molecule has 2 aromatic carbocycles. The molecule has 0 spiro atoms. The van der Waals surface area contributed by atoms with Gasteiger partial charge in [-0.05, 0) is 35.9 Å². The van der Waals surface area contributed by atoms with Gasteiger partial charge < -0.3 is 9.64 Å². The number of aromatic nitrogens is 4. The number of nitrogens with zero attached hydrogens (tertiary/aromatic N) is 6. The van der Waals surface area contributed by atoms with Crippen LogP contribution in [0.4, 0.5) is 5.69 Å². The average Bonchev–Trinajstić information content (AvgIpc) is 3.30. The Hall–Kier alpha value is -3.27. The fraction of sp³-hybridized carbons (Fsp3) is 0.222. The van der Waals surface area contributed by atoms with Crippen molar-refractivity contribution in [2.45, 2.75) is 17.7 Å². The fourth-order valence-corrected chi connectivity index (χ4v) is 4.70. The number of fused-ring (bicyclic) bond motifs is 3. The molecule has 9 nitrogen and oxygen atoms in total. The molecular weight excluding hydrogens is 380 g/mol. The van der Waals surface area contributed by atoms with Gasteiger partial charge in [0.2, 0.25) is 5.82 Å². The molecule has 1 aromatic heterocycles. The third kappa shape index (κ3) is 2.82. The summed E-state index contributed by atoms with van der Waals surface area (Å²) in [7, 11) is -2.03. The number of rotatable bonds is 3. The number of benzene rings is 2. The topological polar surface area (TPSA) is 103 Å². The number of sulfonamides is 1. The maximum Gasteiger partial charge on any atom is 0.286 e. The van der Waals surface area contributed by atoms with E-state index in [1.807, 2.05) is 17.0 Å². The summed E-state index contributed by atoms with van der Waals surface area (Å²) in [6, 6.07) is 12.3. The number of ether oxygens (including phenoxy) is 1. The van der Waals surface area contributed by atoms with Crippen LogP contribution in [-0.4, -0.2) is 41.0 Å². The maximum absolute atomic E-state index is 12.6. The van der Waals surface area contributed by atoms with Crippen LogP contribution < -0.4 is 9.64 Å². The zero-order valence-electron chi connectivity index (χ0n) is 15.0. The van der Waals surface area contributed by atoms with E-state index in [1.54, 1.807) is 31.3 Å². The number of amidine groups is 1. The van der Waals surface area contributed by atoms with E-state index in [9.17, 15) is 8.42 Å². The molecule has 2 aliphatic rings. The van der Waals surface area contributed by atoms with Gasteiger partial charge in [0.15, 0.2) is 0 Å². The number of anilines is 1. The molecule has 0 unspecified atom stereocenters. The second kappa shape index (κ2) is 6.13. The van der Waals surface area contributed by atoms with Crippen LogP contribution in [0, 0.1) is 0 Å². The van der Waals surface area contributed by atoms with Gasteiger partial charge in [0.05, 0.1) is 12.7 Å². The molecule has 0 bridgehead atoms. The van der Waals surface area contributed by atoms with Crippen LogP contribution in [0.1, 0.15) is 12.8 Å². The van der Waals surface area contributed by atoms with Crippen molar-refractivity contribution in [3.8, 4) is 22.9 Å². The summed E-state index contributed by atoms with van der Waals surface area (Å²) in [6.45, 7) is 0.773. The van der Waals surface area contributed by atoms with Crippen LogP contribution in [0.15, 0.2) is 51.8 Å². The molecule has 0 atom stereocenters. The van der Waals surface area contributed by atoms with Gasteiger partial charge in [-0.3, -0.25) is 0 Å². The Balaban J connectivity index is 1.48. The van der Waals surface area contributed by atoms with Gasteiger partial charge in [-0.1, -0.05) is 12.1 Å². The minimum Gasteiger partial charge on any atom is -0.457 e. The van der Waals surface area contributed by atoms with Crippen LogP contribution in [0.25, 0.3) is 11.4 Å². The summed E-state index contributed by atoms with van der Waals surface area (Å²) in [5.74, 6) is 2.06. The molecule has 0 aliphatic carbocycles. The molecule has 0 saturated carbocycles. The lowest BCUT2D eigenvalue weighted by Crippen LogP contribution is -2.30. The van der Waals surface area contributed by atoms with Crippen molar-refractivity contribution in [2.75, 3.05) is 11.4 Å². The van der Waals surface area contributed by atoms with E-state index in [0.29, 0.717) is 35.3 Å². The van der Waals surface area contributed by atoms with Crippen LogP contribution in [0.5, 0.6) is 11.5 Å². The van der Waals surface area contributed by atoms with Crippen molar-refractivity contribution >= 4 is 21.5 Å². The van der Waals surface area contributed by atoms with Crippen LogP contribution in [-0.2, 0) is 17.1 Å². The first-order valence-corrected chi connectivity index (χ1v) is 10.2. The standard InChI is InChI=1S/C18H16N6O3S/c1-23-20-18(19-22-23)12-4-2-5-13(10-12)27-14-7-8-15-16(11-14)28(25,26)21-17-6-3-9-24(15)17/h2,4-5,7-8,10-11H,3,6,9H2,1H3. The minimum absolute atomic E-state index is 0.169. The summed E-state index contributed by atoms with van der Waals surface area (Å²) in [6.07, 6.45) is 1.58. The number of hydrogen-bond donors (Lipinski definition) is 0. The third-order valence-corrected chi connectivity index (χ3v) is 5.99. The number of tetrazole rings is 1. The Kier molecular flexibility index (Phi) is 3.69. The van der Waals surface area contributed by atoms with Crippen LogP contribution in [0.2, 0.25) is 0 Å². The number of hydrogen-bond acceptors (Lipinski definition) is 7. The normalized spacial score (nSPS) is 17.0. The van der Waals surface area contributed by atoms with Crippen molar-refractivity contribution in [1.82, 2.24) is 20.2 Å². The quantitative estimate of drug-likeness (QED) is 0.669. The lowest BCUT2D eigenvalue weighted by atomic mass is 10.2. The molecule has 0 amide bonds. The largest absolute Gasteiger partial charge is 0.457 e. The van der Waals surface area contributed by atoms with Gasteiger partial charge in [0.1, 0.15) is 22.2 Å². The predicted octanol–water partition coefficient (Wildman–Crippen LogP) is 2.37. The summed E-state index contributed by atoms with van der Waals surface area (Å²) in [5, 5.41) is 12.0. The van der Waals surface area contributed by atoms with E-state index in [4.69, 9.17) is 4.74 Å². The van der Waals surface area contributed by atoms with Gasteiger partial charge in [-0.25, -0.2) is 0 Å². The Labute approximate surface area is 161 Å². The molecule has 5 rings (SSSR count). The monoisotopic (exact) mass is 396 g/mol. The van der Waals surface area contributed by atoms with E-state index in [-0.39, 0.29) is 4.90 Å². The molecule has 3 heterocycles. The molecular formula is C18H16N6O3S. The van der Waals surface area contributed by atoms with E-state index >= 15 is 0 Å². The lowest BCUT2D eigenvalue weighted by molar-refractivity contribution is 0.481. The second-order valence-corrected chi connectivity index (χ2v) is 8.17. The average molecular weight is 396 g/mol. The Bertz CT molecular complexity index is 1220. The Morgan fingerprint density at radius 1 is 1.11 bits per heavy atom. The molecule has 142 valence electrons. The highest BCUT2D eigenvalue weighted by atomic mass is 32.2. The molecule has 28 heavy (non-hydrogen) atoms. The molecule has 10 heteroatoms. The van der Waals surface area contributed by atoms with E-state index in [2.05, 4.69) is 19.8 Å². The van der Waals surface area contributed by atoms with Crippen molar-refractivity contribution in [2.24, 2.45) is 11.4 Å². The SMILES string of the molecule is Cn1nnc(-c2cccc(Oc3ccc4c(c3)S(=O)(=O)N=C3CCCN34)c2)n1. The third-order valence-electron chi connectivity index (χ3n) is 4.66. The maximum atomic E-state index is 12.6. The van der Waals surface area contributed by atoms with E-state index in [0.717, 1.165) is 18.5 Å². The van der Waals surface area contributed by atoms with Crippen molar-refractivity contribution in [1.29, 1.82) is 0 Å². The minimum atomic E-state index is -3.72. The highest BCUT2D eigenvalue weighted by Crippen LogP contribution is 2.38. The van der Waals surface area contributed by atoms with Crippen LogP contribution in [0.3, 0.4) is 0 Å². The van der Waals surface area contributed by atoms with Gasteiger partial charge in [-0.2, -0.15) is 13.2 Å². The smallest absolute Gasteiger partial charge is 0.286 e. The van der Waals surface area contributed by atoms with Gasteiger partial charge in [0.25, 0.3) is 10.0 Å². The molecule has 3 aromatic rings. The first kappa shape index (κ1) is 16.9. The molecule has 1 fully saturated rings. The van der Waals surface area contributed by atoms with E-state index in [1.165, 1.54) is 10.9 Å². The fourth-order valence-electron chi connectivity index (χ4n) is 3.42. The molecule has 1 saturated heterocycles. The highest BCUT2D eigenvalue weighted by molar-refractivity contribution is 7.90. The molecule has 2 aliphatic heterocycles. The van der Waals surface area contributed by atoms with Crippen molar-refractivity contribution in [3.63, 3.8) is 0 Å². The summed E-state index contributed by atoms with van der Waals surface area (Å²) < 4.78 is 35.0. The molecule has 0 N–H and O–H groups in total. The van der Waals surface area contributed by atoms with Gasteiger partial charge in [-0.15, -0.1) is 14.6 Å². The zero-order valence-corrected chi connectivity index (χ0v) is 15.8. The zero-order chi connectivity index (χ0) is 19.3. The Morgan fingerprint density at radius 2 is 1.96 bits per heavy atom. The van der Waals surface area contributed by atoms with Gasteiger partial charge in [0, 0.05) is 24.6 Å². The van der Waals surface area contributed by atoms with Crippen molar-refractivity contribution in [3.05, 3.63) is 42.5 Å². The summed E-state index contributed by atoms with van der Waals surface area (Å²) >= 11 is 0. The number of aryl methyl sites for hydroxylation is 1. The molecule has 0 radical (unpaired) electrons. The lowest BCUT2D eigenvalue weighted by Gasteiger charge is -2.25.